The van der Waals surface area contributed by atoms with E-state index >= 15 is 0 Å². The molecule has 6 heteroatoms. The molecule has 0 aromatic heterocycles. The van der Waals surface area contributed by atoms with Gasteiger partial charge in [0.2, 0.25) is 0 Å². The fourth-order valence-corrected chi connectivity index (χ4v) is 5.24. The second-order valence-electron chi connectivity index (χ2n) is 5.39. The first-order valence-electron chi connectivity index (χ1n) is 6.81. The zero-order valence-electron chi connectivity index (χ0n) is 11.5. The number of halogens is 2. The van der Waals surface area contributed by atoms with E-state index in [9.17, 15) is 17.9 Å². The van der Waals surface area contributed by atoms with E-state index in [-0.39, 0.29) is 17.4 Å². The Morgan fingerprint density at radius 2 is 1.82 bits per heavy atom. The minimum Gasteiger partial charge on any atom is -0.396 e. The second kappa shape index (κ2) is 5.65. The van der Waals surface area contributed by atoms with Gasteiger partial charge in [-0.3, -0.25) is 0 Å². The van der Waals surface area contributed by atoms with Crippen LogP contribution in [0.25, 0.3) is 0 Å². The molecule has 3 nitrogen and oxygen atoms in total. The summed E-state index contributed by atoms with van der Waals surface area (Å²) in [5.74, 6) is -1.22. The molecule has 0 saturated heterocycles. The third kappa shape index (κ3) is 2.64. The van der Waals surface area contributed by atoms with E-state index in [1.54, 1.807) is 12.1 Å². The zero-order chi connectivity index (χ0) is 15.9. The Morgan fingerprint density at radius 3 is 2.41 bits per heavy atom. The summed E-state index contributed by atoms with van der Waals surface area (Å²) in [5, 5.41) is 9.17. The van der Waals surface area contributed by atoms with Gasteiger partial charge >= 0.3 is 0 Å². The molecule has 1 aliphatic carbocycles. The minimum absolute atomic E-state index is 0.166. The molecule has 0 bridgehead atoms. The number of hydrogen-bond acceptors (Lipinski definition) is 3. The minimum atomic E-state index is -3.60. The van der Waals surface area contributed by atoms with Crippen LogP contribution in [0.1, 0.15) is 11.5 Å². The number of hydrogen-bond donors (Lipinski definition) is 1. The van der Waals surface area contributed by atoms with Gasteiger partial charge in [-0.15, -0.1) is 0 Å². The van der Waals surface area contributed by atoms with Gasteiger partial charge in [0.05, 0.1) is 10.1 Å². The summed E-state index contributed by atoms with van der Waals surface area (Å²) < 4.78 is 38.7. The first kappa shape index (κ1) is 15.5. The Labute approximate surface area is 133 Å². The molecule has 0 aliphatic heterocycles. The van der Waals surface area contributed by atoms with Crippen LogP contribution in [0.5, 0.6) is 0 Å². The number of aliphatic hydroxyl groups excluding tert-OH is 1. The lowest BCUT2D eigenvalue weighted by Crippen LogP contribution is -2.11. The predicted octanol–water partition coefficient (Wildman–Crippen LogP) is 3.03. The van der Waals surface area contributed by atoms with Gasteiger partial charge in [-0.25, -0.2) is 12.8 Å². The van der Waals surface area contributed by atoms with E-state index in [2.05, 4.69) is 0 Å². The molecule has 1 saturated carbocycles. The maximum atomic E-state index is 13.4. The maximum Gasteiger partial charge on any atom is 0.182 e. The van der Waals surface area contributed by atoms with Crippen LogP contribution in [-0.2, 0) is 9.84 Å². The van der Waals surface area contributed by atoms with E-state index in [1.807, 2.05) is 0 Å². The number of rotatable bonds is 4. The average molecular weight is 341 g/mol. The van der Waals surface area contributed by atoms with Crippen molar-refractivity contribution in [3.8, 4) is 0 Å². The van der Waals surface area contributed by atoms with Crippen molar-refractivity contribution in [3.05, 3.63) is 64.9 Å². The van der Waals surface area contributed by atoms with Crippen molar-refractivity contribution in [3.63, 3.8) is 0 Å². The highest BCUT2D eigenvalue weighted by Crippen LogP contribution is 2.53. The molecular formula is C16H14ClFO3S. The van der Waals surface area contributed by atoms with Crippen LogP contribution in [0.4, 0.5) is 4.39 Å². The van der Waals surface area contributed by atoms with Crippen LogP contribution >= 0.6 is 11.6 Å². The Morgan fingerprint density at radius 1 is 1.14 bits per heavy atom. The lowest BCUT2D eigenvalue weighted by atomic mass is 10.1. The standard InChI is InChI=1S/C16H14ClFO3S/c17-11-4-6-13(7-5-11)22(20,21)16-14(9-19)15(16)10-2-1-3-12(18)8-10/h1-8,14-16,19H,9H2/t14-,15+,16-/m1/s1. The highest BCUT2D eigenvalue weighted by atomic mass is 35.5. The van der Waals surface area contributed by atoms with Crippen LogP contribution in [0, 0.1) is 11.7 Å². The SMILES string of the molecule is O=S(=O)(c1ccc(Cl)cc1)[C@@H]1[C@H](CO)[C@@H]1c1cccc(F)c1. The predicted molar refractivity (Wildman–Crippen MR) is 82.1 cm³/mol. The van der Waals surface area contributed by atoms with E-state index in [0.717, 1.165) is 0 Å². The Kier molecular flexibility index (Phi) is 3.97. The van der Waals surface area contributed by atoms with Gasteiger partial charge in [0.15, 0.2) is 9.84 Å². The second-order valence-corrected chi connectivity index (χ2v) is 7.93. The maximum absolute atomic E-state index is 13.4. The number of aliphatic hydroxyl groups is 1. The first-order chi connectivity index (χ1) is 10.4. The van der Waals surface area contributed by atoms with E-state index in [0.29, 0.717) is 10.6 Å². The van der Waals surface area contributed by atoms with Crippen molar-refractivity contribution in [1.82, 2.24) is 0 Å². The topological polar surface area (TPSA) is 54.4 Å². The molecule has 1 aliphatic rings. The largest absolute Gasteiger partial charge is 0.396 e. The number of sulfone groups is 1. The van der Waals surface area contributed by atoms with Crippen LogP contribution in [0.15, 0.2) is 53.4 Å². The molecule has 0 radical (unpaired) electrons. The molecule has 1 N–H and O–H groups in total. The summed E-state index contributed by atoms with van der Waals surface area (Å²) >= 11 is 5.78. The molecular weight excluding hydrogens is 327 g/mol. The molecule has 0 unspecified atom stereocenters. The zero-order valence-corrected chi connectivity index (χ0v) is 13.1. The Balaban J connectivity index is 1.95. The van der Waals surface area contributed by atoms with Crippen molar-refractivity contribution in [2.24, 2.45) is 5.92 Å². The fourth-order valence-electron chi connectivity index (χ4n) is 2.92. The van der Waals surface area contributed by atoms with Gasteiger partial charge in [0.25, 0.3) is 0 Å². The van der Waals surface area contributed by atoms with Gasteiger partial charge in [-0.05, 0) is 42.0 Å². The van der Waals surface area contributed by atoms with Crippen molar-refractivity contribution in [2.75, 3.05) is 6.61 Å². The summed E-state index contributed by atoms with van der Waals surface area (Å²) in [6.07, 6.45) is 0. The first-order valence-corrected chi connectivity index (χ1v) is 8.73. The monoisotopic (exact) mass is 340 g/mol. The van der Waals surface area contributed by atoms with Crippen LogP contribution in [0.2, 0.25) is 5.02 Å². The molecule has 116 valence electrons. The molecule has 0 spiro atoms. The van der Waals surface area contributed by atoms with Gasteiger partial charge in [-0.2, -0.15) is 0 Å². The Hall–Kier alpha value is -1.43. The van der Waals surface area contributed by atoms with Gasteiger partial charge < -0.3 is 5.11 Å². The van der Waals surface area contributed by atoms with Crippen molar-refractivity contribution < 1.29 is 17.9 Å². The highest BCUT2D eigenvalue weighted by molar-refractivity contribution is 7.92. The van der Waals surface area contributed by atoms with Gasteiger partial charge in [0, 0.05) is 23.5 Å². The van der Waals surface area contributed by atoms with Crippen molar-refractivity contribution in [2.45, 2.75) is 16.1 Å². The van der Waals surface area contributed by atoms with E-state index in [4.69, 9.17) is 11.6 Å². The van der Waals surface area contributed by atoms with Crippen LogP contribution in [-0.4, -0.2) is 25.4 Å². The molecule has 0 heterocycles. The summed E-state index contributed by atoms with van der Waals surface area (Å²) in [6.45, 7) is -0.251. The highest BCUT2D eigenvalue weighted by Gasteiger charge is 2.58. The lowest BCUT2D eigenvalue weighted by Gasteiger charge is -2.04. The number of benzene rings is 2. The van der Waals surface area contributed by atoms with E-state index in [1.165, 1.54) is 36.4 Å². The Bertz CT molecular complexity index is 789. The van der Waals surface area contributed by atoms with Crippen LogP contribution < -0.4 is 0 Å². The van der Waals surface area contributed by atoms with Crippen molar-refractivity contribution in [1.29, 1.82) is 0 Å². The molecule has 3 rings (SSSR count). The molecule has 3 atom stereocenters. The quantitative estimate of drug-likeness (QED) is 0.930. The van der Waals surface area contributed by atoms with Crippen molar-refractivity contribution >= 4 is 21.4 Å². The summed E-state index contributed by atoms with van der Waals surface area (Å²) in [5.41, 5.74) is 0.599. The average Bonchev–Trinajstić information content (AvgIpc) is 3.23. The molecule has 2 aromatic rings. The van der Waals surface area contributed by atoms with Gasteiger partial charge in [-0.1, -0.05) is 23.7 Å². The van der Waals surface area contributed by atoms with E-state index < -0.39 is 26.8 Å². The summed E-state index contributed by atoms with van der Waals surface area (Å²) in [6, 6.07) is 11.8. The molecule has 2 aromatic carbocycles. The third-order valence-electron chi connectivity index (χ3n) is 4.04. The summed E-state index contributed by atoms with van der Waals surface area (Å²) in [7, 11) is -3.60. The summed E-state index contributed by atoms with van der Waals surface area (Å²) in [4.78, 5) is 0.166. The normalized spacial score (nSPS) is 24.2. The third-order valence-corrected chi connectivity index (χ3v) is 6.58. The molecule has 1 fully saturated rings. The molecule has 0 amide bonds. The lowest BCUT2D eigenvalue weighted by molar-refractivity contribution is 0.274. The van der Waals surface area contributed by atoms with Crippen LogP contribution in [0.3, 0.4) is 0 Å². The van der Waals surface area contributed by atoms with Gasteiger partial charge in [0.1, 0.15) is 5.82 Å². The fraction of sp³-hybridized carbons (Fsp3) is 0.250. The molecule has 22 heavy (non-hydrogen) atoms. The smallest absolute Gasteiger partial charge is 0.182 e.